The second-order valence-corrected chi connectivity index (χ2v) is 5.28. The smallest absolute Gasteiger partial charge is 0.257 e. The predicted molar refractivity (Wildman–Crippen MR) is 79.4 cm³/mol. The molecular weight excluding hydrogens is 250 g/mol. The standard InChI is InChI=1S/C16H21N3O/c1-12(2)19(11-14-8-6-5-7-9-14)16(20)15-10-17-18(4)13(15)3/h5-10,12H,11H2,1-4H3. The van der Waals surface area contributed by atoms with Gasteiger partial charge in [0.15, 0.2) is 0 Å². The number of aryl methyl sites for hydroxylation is 1. The summed E-state index contributed by atoms with van der Waals surface area (Å²) in [5.74, 6) is 0.0365. The highest BCUT2D eigenvalue weighted by Gasteiger charge is 2.22. The van der Waals surface area contributed by atoms with Crippen LogP contribution < -0.4 is 0 Å². The number of amides is 1. The van der Waals surface area contributed by atoms with E-state index in [4.69, 9.17) is 0 Å². The first kappa shape index (κ1) is 14.3. The van der Waals surface area contributed by atoms with Crippen molar-refractivity contribution in [2.45, 2.75) is 33.4 Å². The van der Waals surface area contributed by atoms with E-state index in [1.807, 2.05) is 63.1 Å². The van der Waals surface area contributed by atoms with Gasteiger partial charge in [-0.25, -0.2) is 0 Å². The lowest BCUT2D eigenvalue weighted by molar-refractivity contribution is 0.0689. The molecule has 1 heterocycles. The van der Waals surface area contributed by atoms with Crippen LogP contribution in [0.2, 0.25) is 0 Å². The quantitative estimate of drug-likeness (QED) is 0.857. The van der Waals surface area contributed by atoms with E-state index in [2.05, 4.69) is 5.10 Å². The molecule has 0 aliphatic heterocycles. The van der Waals surface area contributed by atoms with Gasteiger partial charge >= 0.3 is 0 Å². The van der Waals surface area contributed by atoms with Gasteiger partial charge in [-0.1, -0.05) is 30.3 Å². The van der Waals surface area contributed by atoms with Crippen LogP contribution in [0.25, 0.3) is 0 Å². The fourth-order valence-corrected chi connectivity index (χ4v) is 2.13. The number of benzene rings is 1. The minimum absolute atomic E-state index is 0.0365. The van der Waals surface area contributed by atoms with Crippen molar-refractivity contribution in [3.8, 4) is 0 Å². The van der Waals surface area contributed by atoms with Gasteiger partial charge in [-0.15, -0.1) is 0 Å². The fourth-order valence-electron chi connectivity index (χ4n) is 2.13. The fraction of sp³-hybridized carbons (Fsp3) is 0.375. The van der Waals surface area contributed by atoms with Gasteiger partial charge in [0, 0.05) is 25.3 Å². The molecule has 0 radical (unpaired) electrons. The molecule has 1 amide bonds. The Morgan fingerprint density at radius 2 is 1.95 bits per heavy atom. The Morgan fingerprint density at radius 1 is 1.30 bits per heavy atom. The van der Waals surface area contributed by atoms with Crippen LogP contribution in [0, 0.1) is 6.92 Å². The highest BCUT2D eigenvalue weighted by molar-refractivity contribution is 5.95. The zero-order valence-electron chi connectivity index (χ0n) is 12.5. The average Bonchev–Trinajstić information content (AvgIpc) is 2.76. The Kier molecular flexibility index (Phi) is 4.23. The van der Waals surface area contributed by atoms with Crippen LogP contribution in [0.15, 0.2) is 36.5 Å². The van der Waals surface area contributed by atoms with Crippen LogP contribution in [0.3, 0.4) is 0 Å². The van der Waals surface area contributed by atoms with E-state index in [0.29, 0.717) is 12.1 Å². The van der Waals surface area contributed by atoms with E-state index < -0.39 is 0 Å². The van der Waals surface area contributed by atoms with Crippen molar-refractivity contribution in [2.24, 2.45) is 7.05 Å². The van der Waals surface area contributed by atoms with Crippen LogP contribution in [0.4, 0.5) is 0 Å². The third-order valence-electron chi connectivity index (χ3n) is 3.55. The summed E-state index contributed by atoms with van der Waals surface area (Å²) < 4.78 is 1.73. The molecule has 2 rings (SSSR count). The van der Waals surface area contributed by atoms with E-state index in [1.165, 1.54) is 0 Å². The predicted octanol–water partition coefficient (Wildman–Crippen LogP) is 2.78. The average molecular weight is 271 g/mol. The maximum atomic E-state index is 12.7. The molecule has 1 aromatic carbocycles. The van der Waals surface area contributed by atoms with Crippen molar-refractivity contribution < 1.29 is 4.79 Å². The van der Waals surface area contributed by atoms with Crippen LogP contribution in [0.1, 0.15) is 35.5 Å². The molecule has 0 aliphatic carbocycles. The molecular formula is C16H21N3O. The minimum Gasteiger partial charge on any atom is -0.332 e. The molecule has 106 valence electrons. The van der Waals surface area contributed by atoms with Crippen LogP contribution >= 0.6 is 0 Å². The van der Waals surface area contributed by atoms with Crippen molar-refractivity contribution in [1.82, 2.24) is 14.7 Å². The Bertz CT molecular complexity index is 587. The molecule has 4 heteroatoms. The van der Waals surface area contributed by atoms with E-state index in [-0.39, 0.29) is 11.9 Å². The van der Waals surface area contributed by atoms with E-state index >= 15 is 0 Å². The van der Waals surface area contributed by atoms with Crippen LogP contribution in [-0.2, 0) is 13.6 Å². The molecule has 0 atom stereocenters. The summed E-state index contributed by atoms with van der Waals surface area (Å²) in [6.45, 7) is 6.60. The lowest BCUT2D eigenvalue weighted by Gasteiger charge is -2.26. The molecule has 0 N–H and O–H groups in total. The number of carbonyl (C=O) groups is 1. The maximum absolute atomic E-state index is 12.7. The van der Waals surface area contributed by atoms with E-state index in [1.54, 1.807) is 10.9 Å². The normalized spacial score (nSPS) is 10.8. The van der Waals surface area contributed by atoms with E-state index in [9.17, 15) is 4.79 Å². The lowest BCUT2D eigenvalue weighted by atomic mass is 10.1. The van der Waals surface area contributed by atoms with Gasteiger partial charge in [0.1, 0.15) is 0 Å². The first-order chi connectivity index (χ1) is 9.50. The van der Waals surface area contributed by atoms with Crippen molar-refractivity contribution in [3.63, 3.8) is 0 Å². The number of nitrogens with zero attached hydrogens (tertiary/aromatic N) is 3. The summed E-state index contributed by atoms with van der Waals surface area (Å²) in [6.07, 6.45) is 1.65. The Balaban J connectivity index is 2.25. The van der Waals surface area contributed by atoms with E-state index in [0.717, 1.165) is 11.3 Å². The van der Waals surface area contributed by atoms with Gasteiger partial charge in [-0.05, 0) is 26.3 Å². The first-order valence-corrected chi connectivity index (χ1v) is 6.84. The summed E-state index contributed by atoms with van der Waals surface area (Å²) >= 11 is 0. The molecule has 0 aliphatic rings. The zero-order chi connectivity index (χ0) is 14.7. The van der Waals surface area contributed by atoms with Crippen molar-refractivity contribution in [2.75, 3.05) is 0 Å². The zero-order valence-corrected chi connectivity index (χ0v) is 12.5. The highest BCUT2D eigenvalue weighted by Crippen LogP contribution is 2.15. The summed E-state index contributed by atoms with van der Waals surface area (Å²) in [6, 6.07) is 10.2. The van der Waals surface area contributed by atoms with Gasteiger partial charge in [-0.2, -0.15) is 5.10 Å². The van der Waals surface area contributed by atoms with Gasteiger partial charge < -0.3 is 4.90 Å². The third-order valence-corrected chi connectivity index (χ3v) is 3.55. The molecule has 0 saturated carbocycles. The second kappa shape index (κ2) is 5.90. The highest BCUT2D eigenvalue weighted by atomic mass is 16.2. The number of hydrogen-bond acceptors (Lipinski definition) is 2. The molecule has 0 spiro atoms. The number of hydrogen-bond donors (Lipinski definition) is 0. The monoisotopic (exact) mass is 271 g/mol. The molecule has 0 saturated heterocycles. The summed E-state index contributed by atoms with van der Waals surface area (Å²) in [5, 5.41) is 4.16. The van der Waals surface area contributed by atoms with Gasteiger partial charge in [0.25, 0.3) is 5.91 Å². The molecule has 0 unspecified atom stereocenters. The number of carbonyl (C=O) groups excluding carboxylic acids is 1. The van der Waals surface area contributed by atoms with Gasteiger partial charge in [0.05, 0.1) is 11.8 Å². The maximum Gasteiger partial charge on any atom is 0.257 e. The van der Waals surface area contributed by atoms with Crippen LogP contribution in [0.5, 0.6) is 0 Å². The molecule has 4 nitrogen and oxygen atoms in total. The summed E-state index contributed by atoms with van der Waals surface area (Å²) in [4.78, 5) is 14.6. The van der Waals surface area contributed by atoms with Crippen LogP contribution in [-0.4, -0.2) is 26.6 Å². The Morgan fingerprint density at radius 3 is 2.45 bits per heavy atom. The second-order valence-electron chi connectivity index (χ2n) is 5.28. The van der Waals surface area contributed by atoms with Crippen molar-refractivity contribution in [3.05, 3.63) is 53.3 Å². The molecule has 0 bridgehead atoms. The number of aromatic nitrogens is 2. The molecule has 1 aromatic heterocycles. The Hall–Kier alpha value is -2.10. The summed E-state index contributed by atoms with van der Waals surface area (Å²) in [5.41, 5.74) is 2.71. The number of rotatable bonds is 4. The van der Waals surface area contributed by atoms with Crippen molar-refractivity contribution >= 4 is 5.91 Å². The SMILES string of the molecule is Cc1c(C(=O)N(Cc2ccccc2)C(C)C)cnn1C. The first-order valence-electron chi connectivity index (χ1n) is 6.84. The minimum atomic E-state index is 0.0365. The van der Waals surface area contributed by atoms with Gasteiger partial charge in [0.2, 0.25) is 0 Å². The topological polar surface area (TPSA) is 38.1 Å². The Labute approximate surface area is 120 Å². The largest absolute Gasteiger partial charge is 0.332 e. The third kappa shape index (κ3) is 2.90. The molecule has 20 heavy (non-hydrogen) atoms. The lowest BCUT2D eigenvalue weighted by Crippen LogP contribution is -2.36. The summed E-state index contributed by atoms with van der Waals surface area (Å²) in [7, 11) is 1.85. The van der Waals surface area contributed by atoms with Crippen molar-refractivity contribution in [1.29, 1.82) is 0 Å². The van der Waals surface area contributed by atoms with Gasteiger partial charge in [-0.3, -0.25) is 9.48 Å². The molecule has 2 aromatic rings. The molecule has 0 fully saturated rings.